The largest absolute Gasteiger partial charge is 0.498 e. The maximum atomic E-state index is 13.5. The van der Waals surface area contributed by atoms with E-state index in [2.05, 4.69) is 4.85 Å². The molecule has 1 aliphatic rings. The van der Waals surface area contributed by atoms with Crippen molar-refractivity contribution in [2.24, 2.45) is 0 Å². The lowest BCUT2D eigenvalue weighted by atomic mass is 9.97. The third-order valence-corrected chi connectivity index (χ3v) is 2.67. The summed E-state index contributed by atoms with van der Waals surface area (Å²) in [6.07, 6.45) is 0.584. The standard InChI is InChI=1S/C12H12FNO2/c1-12(2)5-8-7(6-15)4-9(13)10(14-3)11(8)16-12/h4,15H,5-6H2,1-2H3. The van der Waals surface area contributed by atoms with Gasteiger partial charge in [0.15, 0.2) is 0 Å². The van der Waals surface area contributed by atoms with Gasteiger partial charge in [-0.15, -0.1) is 0 Å². The predicted molar refractivity (Wildman–Crippen MR) is 57.0 cm³/mol. The molecule has 0 fully saturated rings. The van der Waals surface area contributed by atoms with Crippen molar-refractivity contribution in [1.29, 1.82) is 0 Å². The highest BCUT2D eigenvalue weighted by Gasteiger charge is 2.35. The van der Waals surface area contributed by atoms with E-state index in [0.717, 1.165) is 5.56 Å². The van der Waals surface area contributed by atoms with Crippen molar-refractivity contribution in [3.05, 3.63) is 34.4 Å². The van der Waals surface area contributed by atoms with Gasteiger partial charge in [0.05, 0.1) is 13.2 Å². The molecule has 0 radical (unpaired) electrons. The van der Waals surface area contributed by atoms with Crippen molar-refractivity contribution in [2.45, 2.75) is 32.5 Å². The average Bonchev–Trinajstić information content (AvgIpc) is 2.52. The van der Waals surface area contributed by atoms with Gasteiger partial charge in [0.2, 0.25) is 0 Å². The Bertz CT molecular complexity index is 489. The molecule has 0 amide bonds. The molecule has 0 unspecified atom stereocenters. The van der Waals surface area contributed by atoms with Gasteiger partial charge in [-0.1, -0.05) is 0 Å². The Morgan fingerprint density at radius 2 is 2.31 bits per heavy atom. The van der Waals surface area contributed by atoms with Crippen LogP contribution >= 0.6 is 0 Å². The van der Waals surface area contributed by atoms with Crippen LogP contribution in [0.1, 0.15) is 25.0 Å². The maximum absolute atomic E-state index is 13.5. The molecule has 0 saturated carbocycles. The molecule has 1 aromatic carbocycles. The van der Waals surface area contributed by atoms with Gasteiger partial charge in [0.1, 0.15) is 17.2 Å². The van der Waals surface area contributed by atoms with Crippen molar-refractivity contribution in [2.75, 3.05) is 0 Å². The van der Waals surface area contributed by atoms with E-state index < -0.39 is 11.4 Å². The zero-order chi connectivity index (χ0) is 11.9. The Balaban J connectivity index is 2.67. The zero-order valence-electron chi connectivity index (χ0n) is 9.17. The molecule has 1 aromatic rings. The smallest absolute Gasteiger partial charge is 0.263 e. The van der Waals surface area contributed by atoms with Gasteiger partial charge in [0, 0.05) is 6.42 Å². The summed E-state index contributed by atoms with van der Waals surface area (Å²) in [5, 5.41) is 9.16. The van der Waals surface area contributed by atoms with Crippen LogP contribution in [0.2, 0.25) is 0 Å². The molecule has 0 atom stereocenters. The molecule has 84 valence electrons. The van der Waals surface area contributed by atoms with Crippen molar-refractivity contribution >= 4 is 5.69 Å². The fraction of sp³-hybridized carbons (Fsp3) is 0.417. The molecule has 3 nitrogen and oxygen atoms in total. The molecular formula is C12H12FNO2. The first-order chi connectivity index (χ1) is 7.48. The number of fused-ring (bicyclic) bond motifs is 1. The molecule has 1 N–H and O–H groups in total. The van der Waals surface area contributed by atoms with Crippen molar-refractivity contribution in [3.8, 4) is 5.75 Å². The lowest BCUT2D eigenvalue weighted by Gasteiger charge is -2.17. The summed E-state index contributed by atoms with van der Waals surface area (Å²) in [5.74, 6) is -0.334. The summed E-state index contributed by atoms with van der Waals surface area (Å²) in [6.45, 7) is 10.5. The van der Waals surface area contributed by atoms with Gasteiger partial charge in [0.25, 0.3) is 5.69 Å². The van der Waals surface area contributed by atoms with E-state index in [4.69, 9.17) is 16.4 Å². The monoisotopic (exact) mass is 221 g/mol. The zero-order valence-corrected chi connectivity index (χ0v) is 9.17. The van der Waals surface area contributed by atoms with E-state index in [1.165, 1.54) is 6.07 Å². The second-order valence-electron chi connectivity index (χ2n) is 4.48. The van der Waals surface area contributed by atoms with E-state index in [-0.39, 0.29) is 12.3 Å². The number of aliphatic hydroxyl groups excluding tert-OH is 1. The predicted octanol–water partition coefficient (Wildman–Crippen LogP) is 2.58. The van der Waals surface area contributed by atoms with E-state index in [0.29, 0.717) is 17.7 Å². The van der Waals surface area contributed by atoms with E-state index in [1.54, 1.807) is 0 Å². The fourth-order valence-corrected chi connectivity index (χ4v) is 1.99. The Kier molecular flexibility index (Phi) is 2.36. The first kappa shape index (κ1) is 10.9. The molecule has 4 heteroatoms. The van der Waals surface area contributed by atoms with Crippen LogP contribution < -0.4 is 4.74 Å². The van der Waals surface area contributed by atoms with E-state index in [9.17, 15) is 4.39 Å². The van der Waals surface area contributed by atoms with Crippen LogP contribution in [0.3, 0.4) is 0 Å². The number of aliphatic hydroxyl groups is 1. The molecule has 1 aliphatic heterocycles. The first-order valence-electron chi connectivity index (χ1n) is 5.00. The second-order valence-corrected chi connectivity index (χ2v) is 4.48. The summed E-state index contributed by atoms with van der Waals surface area (Å²) < 4.78 is 19.1. The SMILES string of the molecule is [C-]#[N+]c1c(F)cc(CO)c2c1OC(C)(C)C2. The normalized spacial score (nSPS) is 16.4. The molecule has 16 heavy (non-hydrogen) atoms. The molecule has 0 saturated heterocycles. The summed E-state index contributed by atoms with van der Waals surface area (Å²) in [7, 11) is 0. The topological polar surface area (TPSA) is 33.8 Å². The highest BCUT2D eigenvalue weighted by Crippen LogP contribution is 2.45. The van der Waals surface area contributed by atoms with Crippen LogP contribution in [0.4, 0.5) is 10.1 Å². The average molecular weight is 221 g/mol. The van der Waals surface area contributed by atoms with Crippen molar-refractivity contribution < 1.29 is 14.2 Å². The van der Waals surface area contributed by atoms with Gasteiger partial charge < -0.3 is 9.84 Å². The first-order valence-corrected chi connectivity index (χ1v) is 5.00. The van der Waals surface area contributed by atoms with Crippen LogP contribution in [0.25, 0.3) is 4.85 Å². The van der Waals surface area contributed by atoms with Crippen LogP contribution in [0.5, 0.6) is 5.75 Å². The highest BCUT2D eigenvalue weighted by molar-refractivity contribution is 5.66. The van der Waals surface area contributed by atoms with Crippen LogP contribution in [0.15, 0.2) is 6.07 Å². The minimum atomic E-state index is -0.629. The Morgan fingerprint density at radius 3 is 2.88 bits per heavy atom. The minimum Gasteiger partial charge on any atom is -0.498 e. The number of hydrogen-bond donors (Lipinski definition) is 1. The lowest BCUT2D eigenvalue weighted by Crippen LogP contribution is -2.24. The van der Waals surface area contributed by atoms with Crippen LogP contribution in [-0.2, 0) is 13.0 Å². The number of hydrogen-bond acceptors (Lipinski definition) is 2. The Morgan fingerprint density at radius 1 is 1.62 bits per heavy atom. The number of rotatable bonds is 1. The lowest BCUT2D eigenvalue weighted by molar-refractivity contribution is 0.139. The molecule has 0 bridgehead atoms. The number of halogens is 1. The summed E-state index contributed by atoms with van der Waals surface area (Å²) in [6, 6.07) is 1.22. The maximum Gasteiger partial charge on any atom is 0.263 e. The van der Waals surface area contributed by atoms with Gasteiger partial charge in [-0.25, -0.2) is 9.24 Å². The molecule has 0 spiro atoms. The van der Waals surface area contributed by atoms with E-state index >= 15 is 0 Å². The third kappa shape index (κ3) is 1.54. The molecular weight excluding hydrogens is 209 g/mol. The summed E-state index contributed by atoms with van der Waals surface area (Å²) in [5.41, 5.74) is 0.725. The summed E-state index contributed by atoms with van der Waals surface area (Å²) in [4.78, 5) is 3.15. The minimum absolute atomic E-state index is 0.0854. The van der Waals surface area contributed by atoms with Crippen molar-refractivity contribution in [3.63, 3.8) is 0 Å². The summed E-state index contributed by atoms with van der Waals surface area (Å²) >= 11 is 0. The molecule has 2 rings (SSSR count). The van der Waals surface area contributed by atoms with Crippen LogP contribution in [-0.4, -0.2) is 10.7 Å². The quantitative estimate of drug-likeness (QED) is 0.739. The Labute approximate surface area is 93.3 Å². The second kappa shape index (κ2) is 3.46. The number of nitrogens with zero attached hydrogens (tertiary/aromatic N) is 1. The van der Waals surface area contributed by atoms with Crippen LogP contribution in [0, 0.1) is 12.4 Å². The third-order valence-electron chi connectivity index (χ3n) is 2.67. The van der Waals surface area contributed by atoms with Gasteiger partial charge in [-0.2, -0.15) is 0 Å². The number of ether oxygens (including phenoxy) is 1. The molecule has 0 aliphatic carbocycles. The van der Waals surface area contributed by atoms with E-state index in [1.807, 2.05) is 13.8 Å². The van der Waals surface area contributed by atoms with Crippen molar-refractivity contribution in [1.82, 2.24) is 0 Å². The van der Waals surface area contributed by atoms with Gasteiger partial charge >= 0.3 is 0 Å². The van der Waals surface area contributed by atoms with Gasteiger partial charge in [-0.3, -0.25) is 0 Å². The Hall–Kier alpha value is -1.60. The highest BCUT2D eigenvalue weighted by atomic mass is 19.1. The molecule has 1 heterocycles. The van der Waals surface area contributed by atoms with Gasteiger partial charge in [-0.05, 0) is 31.0 Å². The fourth-order valence-electron chi connectivity index (χ4n) is 1.99. The molecule has 0 aromatic heterocycles. The number of benzene rings is 1.